The molecule has 2 nitrogen and oxygen atoms in total. The minimum Gasteiger partial charge on any atom is -0.321 e. The molecule has 0 saturated carbocycles. The average Bonchev–Trinajstić information content (AvgIpc) is 2.32. The second-order valence-electron chi connectivity index (χ2n) is 3.19. The Bertz CT molecular complexity index is 314. The highest BCUT2D eigenvalue weighted by molar-refractivity contribution is 9.11. The monoisotopic (exact) mass is 227 g/mol. The van der Waals surface area contributed by atoms with Crippen LogP contribution in [-0.2, 0) is 4.79 Å². The van der Waals surface area contributed by atoms with E-state index in [1.165, 1.54) is 5.57 Å². The molecule has 0 aromatic rings. The van der Waals surface area contributed by atoms with Crippen molar-refractivity contribution >= 4 is 21.8 Å². The highest BCUT2D eigenvalue weighted by Crippen LogP contribution is 2.36. The van der Waals surface area contributed by atoms with Crippen molar-refractivity contribution in [2.45, 2.75) is 26.2 Å². The third-order valence-electron chi connectivity index (χ3n) is 2.43. The van der Waals surface area contributed by atoms with Gasteiger partial charge in [0.1, 0.15) is 0 Å². The molecule has 1 aliphatic heterocycles. The second kappa shape index (κ2) is 2.73. The Morgan fingerprint density at radius 3 is 2.83 bits per heavy atom. The Labute approximate surface area is 79.8 Å². The van der Waals surface area contributed by atoms with Gasteiger partial charge in [-0.2, -0.15) is 0 Å². The largest absolute Gasteiger partial charge is 0.321 e. The van der Waals surface area contributed by atoms with Crippen molar-refractivity contribution in [2.24, 2.45) is 0 Å². The van der Waals surface area contributed by atoms with Crippen LogP contribution in [-0.4, -0.2) is 5.91 Å². The Morgan fingerprint density at radius 2 is 2.17 bits per heavy atom. The fourth-order valence-electron chi connectivity index (χ4n) is 1.70. The van der Waals surface area contributed by atoms with E-state index in [1.807, 2.05) is 6.92 Å². The number of hydrogen-bond donors (Lipinski definition) is 1. The first-order valence-electron chi connectivity index (χ1n) is 4.10. The lowest BCUT2D eigenvalue weighted by Crippen LogP contribution is -2.17. The number of halogens is 1. The molecule has 0 fully saturated rings. The van der Waals surface area contributed by atoms with Gasteiger partial charge >= 0.3 is 0 Å². The zero-order valence-electron chi connectivity index (χ0n) is 6.91. The molecule has 0 spiro atoms. The summed E-state index contributed by atoms with van der Waals surface area (Å²) in [4.78, 5) is 11.3. The molecular formula is C9H10BrNO. The smallest absolute Gasteiger partial charge is 0.251 e. The number of carbonyl (C=O) groups is 1. The highest BCUT2D eigenvalue weighted by Gasteiger charge is 2.27. The van der Waals surface area contributed by atoms with Crippen molar-refractivity contribution in [1.29, 1.82) is 0 Å². The van der Waals surface area contributed by atoms with Crippen molar-refractivity contribution in [3.05, 3.63) is 21.3 Å². The molecule has 2 rings (SSSR count). The number of amides is 1. The summed E-state index contributed by atoms with van der Waals surface area (Å²) in [5.41, 5.74) is 3.13. The van der Waals surface area contributed by atoms with Gasteiger partial charge in [0, 0.05) is 10.1 Å². The van der Waals surface area contributed by atoms with Crippen LogP contribution >= 0.6 is 15.9 Å². The molecule has 0 atom stereocenters. The molecule has 1 aliphatic carbocycles. The van der Waals surface area contributed by atoms with Crippen LogP contribution in [0, 0.1) is 0 Å². The van der Waals surface area contributed by atoms with Gasteiger partial charge in [-0.3, -0.25) is 4.79 Å². The van der Waals surface area contributed by atoms with E-state index in [0.717, 1.165) is 35.0 Å². The first-order chi connectivity index (χ1) is 5.70. The number of nitrogens with one attached hydrogen (secondary N) is 1. The summed E-state index contributed by atoms with van der Waals surface area (Å²) < 4.78 is 1.15. The number of allylic oxidation sites excluding steroid dienone is 2. The second-order valence-corrected chi connectivity index (χ2v) is 4.15. The lowest BCUT2D eigenvalue weighted by molar-refractivity contribution is -0.116. The number of rotatable bonds is 0. The van der Waals surface area contributed by atoms with Crippen LogP contribution in [0.2, 0.25) is 0 Å². The minimum atomic E-state index is 0.0684. The predicted octanol–water partition coefficient (Wildman–Crippen LogP) is 2.22. The summed E-state index contributed by atoms with van der Waals surface area (Å²) in [5, 5.41) is 2.88. The lowest BCUT2D eigenvalue weighted by atomic mass is 9.97. The maximum Gasteiger partial charge on any atom is 0.251 e. The molecule has 3 heteroatoms. The molecular weight excluding hydrogens is 218 g/mol. The van der Waals surface area contributed by atoms with Crippen molar-refractivity contribution in [3.63, 3.8) is 0 Å². The maximum absolute atomic E-state index is 11.3. The van der Waals surface area contributed by atoms with Crippen LogP contribution in [0.15, 0.2) is 21.3 Å². The van der Waals surface area contributed by atoms with Crippen molar-refractivity contribution in [1.82, 2.24) is 5.32 Å². The topological polar surface area (TPSA) is 29.1 Å². The average molecular weight is 228 g/mol. The van der Waals surface area contributed by atoms with Gasteiger partial charge in [0.2, 0.25) is 0 Å². The Morgan fingerprint density at radius 1 is 1.42 bits per heavy atom. The Kier molecular flexibility index (Phi) is 1.83. The fraction of sp³-hybridized carbons (Fsp3) is 0.444. The molecule has 0 radical (unpaired) electrons. The fourth-order valence-corrected chi connectivity index (χ4v) is 2.32. The number of carbonyl (C=O) groups excluding carboxylic acids is 1. The summed E-state index contributed by atoms with van der Waals surface area (Å²) in [6.07, 6.45) is 3.23. The third kappa shape index (κ3) is 1.04. The molecule has 1 heterocycles. The van der Waals surface area contributed by atoms with Gasteiger partial charge in [-0.1, -0.05) is 15.9 Å². The predicted molar refractivity (Wildman–Crippen MR) is 50.6 cm³/mol. The van der Waals surface area contributed by atoms with Gasteiger partial charge in [0.05, 0.1) is 5.70 Å². The zero-order chi connectivity index (χ0) is 8.72. The molecule has 0 bridgehead atoms. The third-order valence-corrected chi connectivity index (χ3v) is 3.22. The lowest BCUT2D eigenvalue weighted by Gasteiger charge is -2.14. The standard InChI is InChI=1S/C9H10BrNO/c1-5-6-3-2-4-7(10)8(6)11-9(5)12/h2-4H2,1H3,(H,11,12). The van der Waals surface area contributed by atoms with Gasteiger partial charge in [-0.15, -0.1) is 0 Å². The SMILES string of the molecule is CC1=C2CCCC(Br)=C2NC1=O. The molecule has 0 unspecified atom stereocenters. The first kappa shape index (κ1) is 8.05. The molecule has 64 valence electrons. The molecule has 1 N–H and O–H groups in total. The Hall–Kier alpha value is -0.570. The van der Waals surface area contributed by atoms with E-state index in [9.17, 15) is 4.79 Å². The van der Waals surface area contributed by atoms with Crippen molar-refractivity contribution in [3.8, 4) is 0 Å². The van der Waals surface area contributed by atoms with Crippen LogP contribution in [0.4, 0.5) is 0 Å². The minimum absolute atomic E-state index is 0.0684. The molecule has 2 aliphatic rings. The summed E-state index contributed by atoms with van der Waals surface area (Å²) in [6.45, 7) is 1.89. The number of hydrogen-bond acceptors (Lipinski definition) is 1. The Balaban J connectivity index is 2.52. The molecule has 12 heavy (non-hydrogen) atoms. The van der Waals surface area contributed by atoms with Gasteiger partial charge < -0.3 is 5.32 Å². The van der Waals surface area contributed by atoms with Crippen molar-refractivity contribution < 1.29 is 4.79 Å². The van der Waals surface area contributed by atoms with Crippen LogP contribution in [0.3, 0.4) is 0 Å². The summed E-state index contributed by atoms with van der Waals surface area (Å²) in [7, 11) is 0. The van der Waals surface area contributed by atoms with Gasteiger partial charge in [0.15, 0.2) is 0 Å². The van der Waals surface area contributed by atoms with Gasteiger partial charge in [-0.05, 0) is 31.8 Å². The normalized spacial score (nSPS) is 23.0. The number of fused-ring (bicyclic) bond motifs is 1. The quantitative estimate of drug-likeness (QED) is 0.676. The van der Waals surface area contributed by atoms with E-state index in [4.69, 9.17) is 0 Å². The van der Waals surface area contributed by atoms with E-state index >= 15 is 0 Å². The van der Waals surface area contributed by atoms with E-state index < -0.39 is 0 Å². The van der Waals surface area contributed by atoms with Crippen LogP contribution in [0.25, 0.3) is 0 Å². The van der Waals surface area contributed by atoms with E-state index in [0.29, 0.717) is 0 Å². The molecule has 0 aromatic carbocycles. The maximum atomic E-state index is 11.3. The van der Waals surface area contributed by atoms with Crippen LogP contribution < -0.4 is 5.32 Å². The first-order valence-corrected chi connectivity index (χ1v) is 4.89. The van der Waals surface area contributed by atoms with Crippen LogP contribution in [0.5, 0.6) is 0 Å². The van der Waals surface area contributed by atoms with E-state index in [2.05, 4.69) is 21.2 Å². The molecule has 0 saturated heterocycles. The van der Waals surface area contributed by atoms with Gasteiger partial charge in [-0.25, -0.2) is 0 Å². The van der Waals surface area contributed by atoms with E-state index in [1.54, 1.807) is 0 Å². The van der Waals surface area contributed by atoms with E-state index in [-0.39, 0.29) is 5.91 Å². The summed E-state index contributed by atoms with van der Waals surface area (Å²) in [5.74, 6) is 0.0684. The van der Waals surface area contributed by atoms with Gasteiger partial charge in [0.25, 0.3) is 5.91 Å². The van der Waals surface area contributed by atoms with Crippen molar-refractivity contribution in [2.75, 3.05) is 0 Å². The summed E-state index contributed by atoms with van der Waals surface area (Å²) >= 11 is 3.48. The van der Waals surface area contributed by atoms with Crippen LogP contribution in [0.1, 0.15) is 26.2 Å². The zero-order valence-corrected chi connectivity index (χ0v) is 8.49. The molecule has 0 aromatic heterocycles. The highest BCUT2D eigenvalue weighted by atomic mass is 79.9. The summed E-state index contributed by atoms with van der Waals surface area (Å²) in [6, 6.07) is 0. The molecule has 1 amide bonds.